The number of benzene rings is 2. The van der Waals surface area contributed by atoms with Gasteiger partial charge < -0.3 is 9.47 Å². The van der Waals surface area contributed by atoms with E-state index in [1.807, 2.05) is 24.3 Å². The van der Waals surface area contributed by atoms with Crippen molar-refractivity contribution >= 4 is 33.0 Å². The highest BCUT2D eigenvalue weighted by atomic mass is 79.9. The van der Waals surface area contributed by atoms with Crippen molar-refractivity contribution in [1.82, 2.24) is 9.66 Å². The highest BCUT2D eigenvalue weighted by Crippen LogP contribution is 2.36. The smallest absolute Gasteiger partial charge is 0.282 e. The van der Waals surface area contributed by atoms with E-state index in [0.29, 0.717) is 26.9 Å². The van der Waals surface area contributed by atoms with Crippen LogP contribution in [0, 0.1) is 12.3 Å². The number of terminal acetylenes is 1. The van der Waals surface area contributed by atoms with Crippen LogP contribution >= 0.6 is 15.9 Å². The number of rotatable bonds is 6. The second-order valence-electron chi connectivity index (χ2n) is 7.71. The lowest BCUT2D eigenvalue weighted by Crippen LogP contribution is -2.25. The van der Waals surface area contributed by atoms with Crippen LogP contribution in [-0.2, 0) is 0 Å². The number of fused-ring (bicyclic) bond motifs is 1. The van der Waals surface area contributed by atoms with Gasteiger partial charge in [-0.25, -0.2) is 4.98 Å². The van der Waals surface area contributed by atoms with Crippen molar-refractivity contribution in [3.8, 4) is 23.8 Å². The SMILES string of the molecule is C#CCOc1c(Br)cc(C=Nn2c(C3CCCCC3)nc3ccccc3c2=O)cc1OC. The third-order valence-electron chi connectivity index (χ3n) is 5.62. The van der Waals surface area contributed by atoms with Crippen molar-refractivity contribution in [3.05, 3.63) is 62.6 Å². The van der Waals surface area contributed by atoms with E-state index in [1.54, 1.807) is 25.5 Å². The molecule has 4 rings (SSSR count). The molecule has 0 spiro atoms. The van der Waals surface area contributed by atoms with Gasteiger partial charge in [0, 0.05) is 5.92 Å². The van der Waals surface area contributed by atoms with Crippen LogP contribution in [0.4, 0.5) is 0 Å². The molecule has 1 aliphatic rings. The molecule has 1 heterocycles. The third kappa shape index (κ3) is 4.56. The summed E-state index contributed by atoms with van der Waals surface area (Å²) in [6, 6.07) is 11.1. The van der Waals surface area contributed by atoms with Crippen LogP contribution in [0.2, 0.25) is 0 Å². The molecule has 32 heavy (non-hydrogen) atoms. The molecule has 1 aliphatic carbocycles. The second-order valence-corrected chi connectivity index (χ2v) is 8.56. The minimum Gasteiger partial charge on any atom is -0.493 e. The van der Waals surface area contributed by atoms with E-state index < -0.39 is 0 Å². The molecule has 0 unspecified atom stereocenters. The average Bonchev–Trinajstić information content (AvgIpc) is 2.83. The van der Waals surface area contributed by atoms with Crippen LogP contribution in [0.15, 0.2) is 50.8 Å². The first kappa shape index (κ1) is 22.1. The van der Waals surface area contributed by atoms with Gasteiger partial charge in [-0.15, -0.1) is 6.42 Å². The number of methoxy groups -OCH3 is 1. The predicted octanol–water partition coefficient (Wildman–Crippen LogP) is 5.11. The van der Waals surface area contributed by atoms with Crippen molar-refractivity contribution in [2.45, 2.75) is 38.0 Å². The van der Waals surface area contributed by atoms with Gasteiger partial charge in [0.25, 0.3) is 5.56 Å². The molecule has 0 saturated heterocycles. The van der Waals surface area contributed by atoms with E-state index in [4.69, 9.17) is 20.9 Å². The molecule has 0 atom stereocenters. The van der Waals surface area contributed by atoms with Crippen LogP contribution in [-0.4, -0.2) is 29.6 Å². The molecule has 0 aliphatic heterocycles. The number of ether oxygens (including phenoxy) is 2. The maximum Gasteiger partial charge on any atom is 0.282 e. The van der Waals surface area contributed by atoms with E-state index in [2.05, 4.69) is 27.0 Å². The lowest BCUT2D eigenvalue weighted by atomic mass is 9.88. The van der Waals surface area contributed by atoms with Crippen molar-refractivity contribution in [1.29, 1.82) is 0 Å². The van der Waals surface area contributed by atoms with Gasteiger partial charge in [-0.1, -0.05) is 37.3 Å². The normalized spacial score (nSPS) is 14.5. The average molecular weight is 494 g/mol. The molecule has 0 radical (unpaired) electrons. The Balaban J connectivity index is 1.78. The monoisotopic (exact) mass is 493 g/mol. The Morgan fingerprint density at radius 2 is 2.06 bits per heavy atom. The summed E-state index contributed by atoms with van der Waals surface area (Å²) in [4.78, 5) is 18.2. The van der Waals surface area contributed by atoms with Crippen molar-refractivity contribution in [2.24, 2.45) is 5.10 Å². The summed E-state index contributed by atoms with van der Waals surface area (Å²) in [5.41, 5.74) is 1.30. The maximum atomic E-state index is 13.3. The van der Waals surface area contributed by atoms with Crippen LogP contribution in [0.1, 0.15) is 49.4 Å². The van der Waals surface area contributed by atoms with Crippen molar-refractivity contribution in [2.75, 3.05) is 13.7 Å². The Hall–Kier alpha value is -3.11. The highest BCUT2D eigenvalue weighted by Gasteiger charge is 2.22. The summed E-state index contributed by atoms with van der Waals surface area (Å²) < 4.78 is 13.2. The fraction of sp³-hybridized carbons (Fsp3) is 0.320. The quantitative estimate of drug-likeness (QED) is 0.353. The van der Waals surface area contributed by atoms with Gasteiger partial charge in [0.1, 0.15) is 12.4 Å². The molecule has 6 nitrogen and oxygen atoms in total. The minimum atomic E-state index is -0.160. The molecule has 1 fully saturated rings. The molecular weight excluding hydrogens is 470 g/mol. The molecular formula is C25H24BrN3O3. The summed E-state index contributed by atoms with van der Waals surface area (Å²) in [6.45, 7) is 0.130. The van der Waals surface area contributed by atoms with Gasteiger partial charge in [-0.2, -0.15) is 9.78 Å². The van der Waals surface area contributed by atoms with E-state index in [-0.39, 0.29) is 18.1 Å². The minimum absolute atomic E-state index is 0.130. The van der Waals surface area contributed by atoms with Crippen LogP contribution in [0.25, 0.3) is 10.9 Å². The standard InChI is InChI=1S/C25H24BrN3O3/c1-3-13-32-23-20(26)14-17(15-22(23)31-2)16-27-29-24(18-9-5-4-6-10-18)28-21-12-8-7-11-19(21)25(29)30/h1,7-8,11-12,14-16,18H,4-6,9-10,13H2,2H3. The third-order valence-corrected chi connectivity index (χ3v) is 6.21. The molecule has 1 aromatic heterocycles. The van der Waals surface area contributed by atoms with Gasteiger partial charge in [0.2, 0.25) is 0 Å². The Morgan fingerprint density at radius 1 is 1.28 bits per heavy atom. The van der Waals surface area contributed by atoms with Gasteiger partial charge in [0.15, 0.2) is 11.5 Å². The predicted molar refractivity (Wildman–Crippen MR) is 130 cm³/mol. The summed E-state index contributed by atoms with van der Waals surface area (Å²) in [7, 11) is 1.56. The molecule has 2 aromatic carbocycles. The van der Waals surface area contributed by atoms with Gasteiger partial charge in [0.05, 0.1) is 28.7 Å². The molecule has 164 valence electrons. The van der Waals surface area contributed by atoms with Crippen molar-refractivity contribution < 1.29 is 9.47 Å². The Kier molecular flexibility index (Phi) is 6.91. The second kappa shape index (κ2) is 10.0. The van der Waals surface area contributed by atoms with E-state index in [1.165, 1.54) is 11.1 Å². The van der Waals surface area contributed by atoms with E-state index in [0.717, 1.165) is 37.1 Å². The molecule has 3 aromatic rings. The van der Waals surface area contributed by atoms with Crippen LogP contribution in [0.3, 0.4) is 0 Å². The Morgan fingerprint density at radius 3 is 2.81 bits per heavy atom. The molecule has 7 heteroatoms. The largest absolute Gasteiger partial charge is 0.493 e. The fourth-order valence-electron chi connectivity index (χ4n) is 4.07. The number of aromatic nitrogens is 2. The molecule has 0 bridgehead atoms. The summed E-state index contributed by atoms with van der Waals surface area (Å²) in [5, 5.41) is 5.13. The maximum absolute atomic E-state index is 13.3. The van der Waals surface area contributed by atoms with Crippen LogP contribution in [0.5, 0.6) is 11.5 Å². The highest BCUT2D eigenvalue weighted by molar-refractivity contribution is 9.10. The number of hydrogen-bond donors (Lipinski definition) is 0. The first-order chi connectivity index (χ1) is 15.6. The van der Waals surface area contributed by atoms with Crippen LogP contribution < -0.4 is 15.0 Å². The summed E-state index contributed by atoms with van der Waals surface area (Å²) >= 11 is 3.50. The fourth-order valence-corrected chi connectivity index (χ4v) is 4.64. The lowest BCUT2D eigenvalue weighted by Gasteiger charge is -2.22. The lowest BCUT2D eigenvalue weighted by molar-refractivity contribution is 0.329. The first-order valence-corrected chi connectivity index (χ1v) is 11.4. The van der Waals surface area contributed by atoms with Gasteiger partial charge in [-0.05, 0) is 58.6 Å². The van der Waals surface area contributed by atoms with E-state index >= 15 is 0 Å². The summed E-state index contributed by atoms with van der Waals surface area (Å²) in [6.07, 6.45) is 12.5. The van der Waals surface area contributed by atoms with Gasteiger partial charge in [-0.3, -0.25) is 4.79 Å². The number of nitrogens with zero attached hydrogens (tertiary/aromatic N) is 3. The van der Waals surface area contributed by atoms with Crippen molar-refractivity contribution in [3.63, 3.8) is 0 Å². The number of para-hydroxylation sites is 1. The zero-order valence-electron chi connectivity index (χ0n) is 17.9. The Labute approximate surface area is 195 Å². The molecule has 0 N–H and O–H groups in total. The molecule has 1 saturated carbocycles. The first-order valence-electron chi connectivity index (χ1n) is 10.6. The summed E-state index contributed by atoms with van der Waals surface area (Å²) in [5.74, 6) is 4.44. The number of halogens is 1. The van der Waals surface area contributed by atoms with Gasteiger partial charge >= 0.3 is 0 Å². The van der Waals surface area contributed by atoms with E-state index in [9.17, 15) is 4.79 Å². The zero-order valence-corrected chi connectivity index (χ0v) is 19.5. The molecule has 0 amide bonds. The zero-order chi connectivity index (χ0) is 22.5. The number of hydrogen-bond acceptors (Lipinski definition) is 5. The Bertz CT molecular complexity index is 1250. The topological polar surface area (TPSA) is 65.7 Å².